The lowest BCUT2D eigenvalue weighted by Crippen LogP contribution is -2.09. The molecular formula is C23H21BrO3. The topological polar surface area (TPSA) is 35.5 Å². The molecule has 0 heterocycles. The van der Waals surface area contributed by atoms with Crippen molar-refractivity contribution in [1.82, 2.24) is 0 Å². The zero-order valence-corrected chi connectivity index (χ0v) is 16.9. The van der Waals surface area contributed by atoms with E-state index in [1.54, 1.807) is 30.3 Å². The van der Waals surface area contributed by atoms with Crippen LogP contribution in [-0.4, -0.2) is 12.6 Å². The van der Waals surface area contributed by atoms with Crippen LogP contribution in [0.3, 0.4) is 0 Å². The second kappa shape index (κ2) is 8.87. The molecular weight excluding hydrogens is 404 g/mol. The van der Waals surface area contributed by atoms with Gasteiger partial charge in [0.25, 0.3) is 0 Å². The highest BCUT2D eigenvalue weighted by Crippen LogP contribution is 2.27. The van der Waals surface area contributed by atoms with Gasteiger partial charge in [-0.25, -0.2) is 4.79 Å². The number of esters is 1. The highest BCUT2D eigenvalue weighted by Gasteiger charge is 2.12. The number of carbonyl (C=O) groups excluding carboxylic acids is 1. The summed E-state index contributed by atoms with van der Waals surface area (Å²) < 4.78 is 11.9. The average molecular weight is 425 g/mol. The van der Waals surface area contributed by atoms with Crippen LogP contribution >= 0.6 is 15.9 Å². The van der Waals surface area contributed by atoms with Gasteiger partial charge in [0.15, 0.2) is 0 Å². The smallest absolute Gasteiger partial charge is 0.343 e. The SMILES string of the molecule is CC(C)COc1ccc(C(=O)Oc2ccc(-c3ccccc3)cc2)cc1Br. The van der Waals surface area contributed by atoms with Gasteiger partial charge >= 0.3 is 5.97 Å². The number of carbonyl (C=O) groups is 1. The van der Waals surface area contributed by atoms with Crippen LogP contribution in [0.1, 0.15) is 24.2 Å². The van der Waals surface area contributed by atoms with Gasteiger partial charge in [-0.15, -0.1) is 0 Å². The lowest BCUT2D eigenvalue weighted by Gasteiger charge is -2.11. The fraction of sp³-hybridized carbons (Fsp3) is 0.174. The monoisotopic (exact) mass is 424 g/mol. The van der Waals surface area contributed by atoms with Crippen LogP contribution in [0.5, 0.6) is 11.5 Å². The largest absolute Gasteiger partial charge is 0.492 e. The molecule has 0 saturated carbocycles. The van der Waals surface area contributed by atoms with Gasteiger partial charge in [-0.3, -0.25) is 0 Å². The Kier molecular flexibility index (Phi) is 6.30. The van der Waals surface area contributed by atoms with Crippen molar-refractivity contribution < 1.29 is 14.3 Å². The van der Waals surface area contributed by atoms with Gasteiger partial charge in [-0.05, 0) is 63.3 Å². The third-order valence-corrected chi connectivity index (χ3v) is 4.53. The number of benzene rings is 3. The molecule has 0 fully saturated rings. The van der Waals surface area contributed by atoms with E-state index in [2.05, 4.69) is 29.8 Å². The van der Waals surface area contributed by atoms with Crippen LogP contribution < -0.4 is 9.47 Å². The normalized spacial score (nSPS) is 10.7. The quantitative estimate of drug-likeness (QED) is 0.340. The molecule has 3 nitrogen and oxygen atoms in total. The molecule has 0 aromatic heterocycles. The molecule has 0 N–H and O–H groups in total. The van der Waals surface area contributed by atoms with Gasteiger partial charge in [-0.1, -0.05) is 56.3 Å². The summed E-state index contributed by atoms with van der Waals surface area (Å²) in [7, 11) is 0. The van der Waals surface area contributed by atoms with E-state index < -0.39 is 5.97 Å². The maximum atomic E-state index is 12.4. The number of rotatable bonds is 6. The van der Waals surface area contributed by atoms with E-state index in [4.69, 9.17) is 9.47 Å². The first-order valence-corrected chi connectivity index (χ1v) is 9.62. The van der Waals surface area contributed by atoms with Crippen LogP contribution in [0.2, 0.25) is 0 Å². The minimum absolute atomic E-state index is 0.404. The van der Waals surface area contributed by atoms with Crippen LogP contribution in [0.4, 0.5) is 0 Å². The number of hydrogen-bond acceptors (Lipinski definition) is 3. The van der Waals surface area contributed by atoms with Crippen molar-refractivity contribution in [3.8, 4) is 22.6 Å². The molecule has 3 rings (SSSR count). The highest BCUT2D eigenvalue weighted by molar-refractivity contribution is 9.10. The Bertz CT molecular complexity index is 903. The molecule has 0 aliphatic carbocycles. The lowest BCUT2D eigenvalue weighted by atomic mass is 10.1. The summed E-state index contributed by atoms with van der Waals surface area (Å²) in [5.41, 5.74) is 2.66. The zero-order chi connectivity index (χ0) is 19.2. The minimum Gasteiger partial charge on any atom is -0.492 e. The molecule has 0 aliphatic heterocycles. The molecule has 0 atom stereocenters. The molecule has 4 heteroatoms. The molecule has 0 aliphatic rings. The number of hydrogen-bond donors (Lipinski definition) is 0. The molecule has 0 radical (unpaired) electrons. The molecule has 27 heavy (non-hydrogen) atoms. The predicted octanol–water partition coefficient (Wildman–Crippen LogP) is 6.37. The number of ether oxygens (including phenoxy) is 2. The molecule has 138 valence electrons. The molecule has 0 bridgehead atoms. The summed E-state index contributed by atoms with van der Waals surface area (Å²) in [6, 6.07) is 22.8. The summed E-state index contributed by atoms with van der Waals surface area (Å²) in [4.78, 5) is 12.4. The van der Waals surface area contributed by atoms with E-state index in [-0.39, 0.29) is 0 Å². The fourth-order valence-corrected chi connectivity index (χ4v) is 3.01. The molecule has 0 spiro atoms. The molecule has 3 aromatic rings. The third-order valence-electron chi connectivity index (χ3n) is 3.91. The van der Waals surface area contributed by atoms with Crippen LogP contribution in [0.15, 0.2) is 77.3 Å². The standard InChI is InChI=1S/C23H21BrO3/c1-16(2)15-26-22-13-10-19(14-21(22)24)23(25)27-20-11-8-18(9-12-20)17-6-4-3-5-7-17/h3-14,16H,15H2,1-2H3. The number of halogens is 1. The van der Waals surface area contributed by atoms with Gasteiger partial charge in [-0.2, -0.15) is 0 Å². The summed E-state index contributed by atoms with van der Waals surface area (Å²) in [6.07, 6.45) is 0. The van der Waals surface area contributed by atoms with Crippen molar-refractivity contribution in [2.75, 3.05) is 6.61 Å². The van der Waals surface area contributed by atoms with Crippen molar-refractivity contribution >= 4 is 21.9 Å². The van der Waals surface area contributed by atoms with Gasteiger partial charge in [0.05, 0.1) is 16.6 Å². The Labute approximate surface area is 168 Å². The summed E-state index contributed by atoms with van der Waals surface area (Å²) in [5, 5.41) is 0. The Morgan fingerprint density at radius 1 is 0.926 bits per heavy atom. The van der Waals surface area contributed by atoms with Gasteiger partial charge in [0, 0.05) is 0 Å². The molecule has 0 saturated heterocycles. The first kappa shape index (κ1) is 19.2. The molecule has 3 aromatic carbocycles. The van der Waals surface area contributed by atoms with E-state index in [0.717, 1.165) is 15.6 Å². The third kappa shape index (κ3) is 5.20. The van der Waals surface area contributed by atoms with Gasteiger partial charge in [0.1, 0.15) is 11.5 Å². The van der Waals surface area contributed by atoms with E-state index in [0.29, 0.717) is 29.6 Å². The van der Waals surface area contributed by atoms with Gasteiger partial charge < -0.3 is 9.47 Å². The lowest BCUT2D eigenvalue weighted by molar-refractivity contribution is 0.0734. The second-order valence-corrected chi connectivity index (χ2v) is 7.48. The van der Waals surface area contributed by atoms with E-state index >= 15 is 0 Å². The molecule has 0 unspecified atom stereocenters. The van der Waals surface area contributed by atoms with Crippen molar-refractivity contribution in [3.05, 3.63) is 82.8 Å². The Balaban J connectivity index is 1.67. The summed E-state index contributed by atoms with van der Waals surface area (Å²) in [6.45, 7) is 4.79. The van der Waals surface area contributed by atoms with E-state index in [1.807, 2.05) is 42.5 Å². The summed E-state index contributed by atoms with van der Waals surface area (Å²) in [5.74, 6) is 1.25. The Hall–Kier alpha value is -2.59. The van der Waals surface area contributed by atoms with Gasteiger partial charge in [0.2, 0.25) is 0 Å². The van der Waals surface area contributed by atoms with E-state index in [1.165, 1.54) is 0 Å². The zero-order valence-electron chi connectivity index (χ0n) is 15.3. The minimum atomic E-state index is -0.404. The maximum absolute atomic E-state index is 12.4. The van der Waals surface area contributed by atoms with Crippen molar-refractivity contribution in [1.29, 1.82) is 0 Å². The van der Waals surface area contributed by atoms with Crippen LogP contribution in [0.25, 0.3) is 11.1 Å². The maximum Gasteiger partial charge on any atom is 0.343 e. The second-order valence-electron chi connectivity index (χ2n) is 6.63. The summed E-state index contributed by atoms with van der Waals surface area (Å²) >= 11 is 3.45. The first-order chi connectivity index (χ1) is 13.0. The van der Waals surface area contributed by atoms with E-state index in [9.17, 15) is 4.79 Å². The fourth-order valence-electron chi connectivity index (χ4n) is 2.51. The first-order valence-electron chi connectivity index (χ1n) is 8.83. The van der Waals surface area contributed by atoms with Crippen LogP contribution in [-0.2, 0) is 0 Å². The Morgan fingerprint density at radius 2 is 1.59 bits per heavy atom. The average Bonchev–Trinajstić information content (AvgIpc) is 2.68. The van der Waals surface area contributed by atoms with Crippen molar-refractivity contribution in [2.45, 2.75) is 13.8 Å². The predicted molar refractivity (Wildman–Crippen MR) is 111 cm³/mol. The molecule has 0 amide bonds. The van der Waals surface area contributed by atoms with Crippen LogP contribution in [0, 0.1) is 5.92 Å². The highest BCUT2D eigenvalue weighted by atomic mass is 79.9. The Morgan fingerprint density at radius 3 is 2.22 bits per heavy atom. The van der Waals surface area contributed by atoms with Crippen molar-refractivity contribution in [3.63, 3.8) is 0 Å². The van der Waals surface area contributed by atoms with Crippen molar-refractivity contribution in [2.24, 2.45) is 5.92 Å².